The van der Waals surface area contributed by atoms with Crippen molar-refractivity contribution in [3.63, 3.8) is 0 Å². The molecule has 4 aliphatic heterocycles. The fraction of sp³-hybridized carbons (Fsp3) is 0.529. The number of esters is 3. The average molecular weight is 635 g/mol. The summed E-state index contributed by atoms with van der Waals surface area (Å²) in [6.45, 7) is 6.70. The number of benzene rings is 2. The lowest BCUT2D eigenvalue weighted by Crippen LogP contribution is -2.67. The fourth-order valence-electron chi connectivity index (χ4n) is 10.1. The van der Waals surface area contributed by atoms with Crippen molar-refractivity contribution < 1.29 is 58.2 Å². The van der Waals surface area contributed by atoms with Crippen LogP contribution in [-0.2, 0) is 44.7 Å². The standard InChI is InChI=1S/C34H34O12/c1-15-26(38)43-24-22(37)32-23-20(36)21(30(2,3)4)31(32)25(27(39)45-29(31)46-34(32,28(40)44-23)33(15,24)41)42-14-16-10-12-18(13-11-16)19(35)17-8-6-5-7-9-17/h5-13,15,20-25,29,36-37,41H,14H2,1-4H3/t15-,20-,21+,22+,23-,24+,25+,29+,31-,32+,33-,34-/m1/s1. The van der Waals surface area contributed by atoms with Crippen molar-refractivity contribution >= 4 is 23.7 Å². The first-order valence-electron chi connectivity index (χ1n) is 15.4. The fourth-order valence-corrected chi connectivity index (χ4v) is 10.1. The molecule has 0 aromatic heterocycles. The van der Waals surface area contributed by atoms with Gasteiger partial charge in [0.05, 0.1) is 29.5 Å². The van der Waals surface area contributed by atoms with E-state index < -0.39 is 94.0 Å². The zero-order chi connectivity index (χ0) is 32.8. The van der Waals surface area contributed by atoms with Gasteiger partial charge in [0.1, 0.15) is 12.2 Å². The maximum atomic E-state index is 14.0. The minimum Gasteiger partial charge on any atom is -0.456 e. The molecule has 6 fully saturated rings. The molecule has 0 bridgehead atoms. The van der Waals surface area contributed by atoms with Gasteiger partial charge in [-0.25, -0.2) is 9.59 Å². The van der Waals surface area contributed by atoms with Crippen molar-refractivity contribution in [3.05, 3.63) is 71.3 Å². The maximum absolute atomic E-state index is 14.0. The highest BCUT2D eigenvalue weighted by Crippen LogP contribution is 2.84. The van der Waals surface area contributed by atoms with E-state index in [0.717, 1.165) is 0 Å². The van der Waals surface area contributed by atoms with Crippen molar-refractivity contribution in [3.8, 4) is 0 Å². The van der Waals surface area contributed by atoms with Crippen LogP contribution < -0.4 is 0 Å². The molecule has 2 aromatic rings. The Hall–Kier alpha value is -3.68. The Labute approximate surface area is 263 Å². The summed E-state index contributed by atoms with van der Waals surface area (Å²) in [6.07, 6.45) is -9.36. The molecular formula is C34H34O12. The zero-order valence-electron chi connectivity index (χ0n) is 25.5. The second kappa shape index (κ2) is 9.02. The number of ketones is 1. The Morgan fingerprint density at radius 2 is 1.54 bits per heavy atom. The van der Waals surface area contributed by atoms with Gasteiger partial charge >= 0.3 is 17.9 Å². The third kappa shape index (κ3) is 2.95. The molecular weight excluding hydrogens is 600 g/mol. The Kier molecular flexibility index (Phi) is 5.82. The van der Waals surface area contributed by atoms with Crippen LogP contribution in [0.25, 0.3) is 0 Å². The number of hydrogen-bond donors (Lipinski definition) is 3. The van der Waals surface area contributed by atoms with Crippen LogP contribution >= 0.6 is 0 Å². The Balaban J connectivity index is 1.23. The molecule has 2 saturated carbocycles. The number of carbonyl (C=O) groups is 4. The molecule has 12 nitrogen and oxygen atoms in total. The molecule has 8 rings (SSSR count). The molecule has 12 atom stereocenters. The number of ether oxygens (including phenoxy) is 5. The largest absolute Gasteiger partial charge is 0.456 e. The van der Waals surface area contributed by atoms with Gasteiger partial charge in [-0.05, 0) is 17.9 Å². The van der Waals surface area contributed by atoms with Crippen molar-refractivity contribution in [1.82, 2.24) is 0 Å². The Morgan fingerprint density at radius 1 is 0.891 bits per heavy atom. The minimum atomic E-state index is -2.42. The number of rotatable bonds is 5. The van der Waals surface area contributed by atoms with Crippen molar-refractivity contribution in [2.45, 2.75) is 82.3 Å². The first-order chi connectivity index (χ1) is 21.7. The molecule has 0 unspecified atom stereocenters. The molecule has 242 valence electrons. The molecule has 4 saturated heterocycles. The number of aliphatic hydroxyl groups excluding tert-OH is 2. The van der Waals surface area contributed by atoms with Gasteiger partial charge in [0, 0.05) is 17.0 Å². The second-order valence-electron chi connectivity index (χ2n) is 14.5. The molecule has 0 amide bonds. The smallest absolute Gasteiger partial charge is 0.343 e. The number of hydrogen-bond acceptors (Lipinski definition) is 12. The van der Waals surface area contributed by atoms with E-state index in [9.17, 15) is 34.5 Å². The summed E-state index contributed by atoms with van der Waals surface area (Å²) in [4.78, 5) is 53.4. The van der Waals surface area contributed by atoms with Gasteiger partial charge in [-0.2, -0.15) is 0 Å². The summed E-state index contributed by atoms with van der Waals surface area (Å²) in [5, 5.41) is 36.5. The molecule has 4 heterocycles. The molecule has 2 spiro atoms. The van der Waals surface area contributed by atoms with Gasteiger partial charge in [0.2, 0.25) is 11.9 Å². The lowest BCUT2D eigenvalue weighted by Gasteiger charge is -2.48. The van der Waals surface area contributed by atoms with Crippen LogP contribution in [0.3, 0.4) is 0 Å². The van der Waals surface area contributed by atoms with Crippen LogP contribution in [0.5, 0.6) is 0 Å². The first kappa shape index (κ1) is 29.7. The summed E-state index contributed by atoms with van der Waals surface area (Å²) in [5.41, 5.74) is -7.83. The highest BCUT2D eigenvalue weighted by atomic mass is 16.8. The van der Waals surface area contributed by atoms with Crippen LogP contribution in [0.1, 0.15) is 49.2 Å². The summed E-state index contributed by atoms with van der Waals surface area (Å²) in [5.74, 6) is -5.19. The molecule has 3 N–H and O–H groups in total. The predicted octanol–water partition coefficient (Wildman–Crippen LogP) is 1.06. The van der Waals surface area contributed by atoms with E-state index in [-0.39, 0.29) is 12.4 Å². The normalized spacial score (nSPS) is 44.7. The monoisotopic (exact) mass is 634 g/mol. The number of fused-ring (bicyclic) bond motifs is 1. The summed E-state index contributed by atoms with van der Waals surface area (Å²) in [6, 6.07) is 15.5. The Morgan fingerprint density at radius 3 is 2.20 bits per heavy atom. The van der Waals surface area contributed by atoms with Crippen LogP contribution in [0, 0.1) is 28.1 Å². The Bertz CT molecular complexity index is 1680. The van der Waals surface area contributed by atoms with E-state index in [0.29, 0.717) is 16.7 Å². The average Bonchev–Trinajstić information content (AvgIpc) is 3.72. The van der Waals surface area contributed by atoms with Gasteiger partial charge in [-0.15, -0.1) is 0 Å². The van der Waals surface area contributed by atoms with Gasteiger partial charge in [0.15, 0.2) is 23.6 Å². The van der Waals surface area contributed by atoms with Crippen molar-refractivity contribution in [2.24, 2.45) is 28.1 Å². The molecule has 12 heteroatoms. The van der Waals surface area contributed by atoms with E-state index in [2.05, 4.69) is 0 Å². The predicted molar refractivity (Wildman–Crippen MR) is 152 cm³/mol. The van der Waals surface area contributed by atoms with E-state index in [1.807, 2.05) is 26.8 Å². The zero-order valence-corrected chi connectivity index (χ0v) is 25.5. The summed E-state index contributed by atoms with van der Waals surface area (Å²) in [7, 11) is 0. The first-order valence-corrected chi connectivity index (χ1v) is 15.4. The molecule has 6 aliphatic rings. The van der Waals surface area contributed by atoms with Gasteiger partial charge in [-0.1, -0.05) is 75.4 Å². The number of aliphatic hydroxyl groups is 3. The van der Waals surface area contributed by atoms with Crippen LogP contribution in [0.4, 0.5) is 0 Å². The SMILES string of the molecule is C[C@@H]1C(=O)O[C@H]2[C@H](O)[C@@]34[C@@H]5OC(=O)[C@]3(O[C@@H]3OC(=O)[C@H](OCc6ccc(C(=O)c7ccccc7)cc6)[C@]34[C@H](C(C)(C)C)[C@H]5O)[C@@]12O. The highest BCUT2D eigenvalue weighted by molar-refractivity contribution is 6.09. The van der Waals surface area contributed by atoms with Gasteiger partial charge in [-0.3, -0.25) is 9.59 Å². The molecule has 2 aromatic carbocycles. The van der Waals surface area contributed by atoms with E-state index in [1.165, 1.54) is 6.92 Å². The molecule has 46 heavy (non-hydrogen) atoms. The van der Waals surface area contributed by atoms with Gasteiger partial charge in [0.25, 0.3) is 0 Å². The van der Waals surface area contributed by atoms with Gasteiger partial charge < -0.3 is 39.0 Å². The topological polar surface area (TPSA) is 175 Å². The minimum absolute atomic E-state index is 0.154. The van der Waals surface area contributed by atoms with Crippen LogP contribution in [0.15, 0.2) is 54.6 Å². The quantitative estimate of drug-likeness (QED) is 0.243. The van der Waals surface area contributed by atoms with Crippen molar-refractivity contribution in [2.75, 3.05) is 0 Å². The van der Waals surface area contributed by atoms with Crippen LogP contribution in [-0.4, -0.2) is 87.0 Å². The maximum Gasteiger partial charge on any atom is 0.343 e. The molecule has 2 aliphatic carbocycles. The van der Waals surface area contributed by atoms with Crippen LogP contribution in [0.2, 0.25) is 0 Å². The van der Waals surface area contributed by atoms with Crippen molar-refractivity contribution in [1.29, 1.82) is 0 Å². The summed E-state index contributed by atoms with van der Waals surface area (Å²) >= 11 is 0. The lowest BCUT2D eigenvalue weighted by molar-refractivity contribution is -0.240. The van der Waals surface area contributed by atoms with E-state index in [4.69, 9.17) is 23.7 Å². The third-order valence-electron chi connectivity index (χ3n) is 11.6. The summed E-state index contributed by atoms with van der Waals surface area (Å²) < 4.78 is 29.8. The molecule has 0 radical (unpaired) electrons. The number of carbonyl (C=O) groups excluding carboxylic acids is 4. The lowest BCUT2D eigenvalue weighted by atomic mass is 9.51. The van der Waals surface area contributed by atoms with E-state index in [1.54, 1.807) is 48.5 Å². The second-order valence-corrected chi connectivity index (χ2v) is 14.5. The third-order valence-corrected chi connectivity index (χ3v) is 11.6. The highest BCUT2D eigenvalue weighted by Gasteiger charge is 3.05. The van der Waals surface area contributed by atoms with E-state index >= 15 is 0 Å².